The number of carboxylic acid groups (broad SMARTS) is 1. The van der Waals surface area contributed by atoms with Crippen LogP contribution in [0.2, 0.25) is 10.0 Å². The normalized spacial score (nSPS) is 18.6. The van der Waals surface area contributed by atoms with Crippen LogP contribution in [-0.4, -0.2) is 26.0 Å². The van der Waals surface area contributed by atoms with Gasteiger partial charge in [0.2, 0.25) is 0 Å². The summed E-state index contributed by atoms with van der Waals surface area (Å²) in [5, 5.41) is 19.4. The summed E-state index contributed by atoms with van der Waals surface area (Å²) in [6, 6.07) is 13.5. The number of benzene rings is 2. The van der Waals surface area contributed by atoms with Gasteiger partial charge in [0, 0.05) is 34.2 Å². The van der Waals surface area contributed by atoms with Crippen LogP contribution in [0, 0.1) is 6.92 Å². The van der Waals surface area contributed by atoms with E-state index in [0.29, 0.717) is 34.2 Å². The molecule has 2 heterocycles. The lowest BCUT2D eigenvalue weighted by Gasteiger charge is -2.37. The van der Waals surface area contributed by atoms with Crippen LogP contribution in [0.25, 0.3) is 11.3 Å². The van der Waals surface area contributed by atoms with Crippen LogP contribution < -0.4 is 4.74 Å². The van der Waals surface area contributed by atoms with Crippen molar-refractivity contribution in [3.05, 3.63) is 86.3 Å². The molecule has 0 aliphatic heterocycles. The largest absolute Gasteiger partial charge is 0.489 e. The van der Waals surface area contributed by atoms with Crippen LogP contribution in [0.4, 0.5) is 0 Å². The monoisotopic (exact) mass is 579 g/mol. The Morgan fingerprint density at radius 1 is 1.10 bits per heavy atom. The number of nitrogens with zero attached hydrogens (tertiary/aromatic N) is 3. The van der Waals surface area contributed by atoms with E-state index in [1.807, 2.05) is 61.9 Å². The third-order valence-corrected chi connectivity index (χ3v) is 8.69. The maximum Gasteiger partial charge on any atom is 0.356 e. The van der Waals surface area contributed by atoms with Gasteiger partial charge in [-0.3, -0.25) is 4.68 Å². The molecule has 7 nitrogen and oxygen atoms in total. The second-order valence-electron chi connectivity index (χ2n) is 11.2. The number of carbonyl (C=O) groups is 1. The second kappa shape index (κ2) is 10.6. The summed E-state index contributed by atoms with van der Waals surface area (Å²) in [5.41, 5.74) is 5.73. The van der Waals surface area contributed by atoms with Crippen LogP contribution in [0.5, 0.6) is 5.75 Å². The van der Waals surface area contributed by atoms with E-state index in [1.54, 1.807) is 6.07 Å². The Morgan fingerprint density at radius 2 is 1.88 bits per heavy atom. The molecule has 0 radical (unpaired) electrons. The SMILES string of the molecule is Cc1cccc(Cl)c1-c1noc(C2CC2)c1COc1ccc(C2CC(c3cc(C(=O)O)nn3C(C)C)C2)c(Cl)c1. The lowest BCUT2D eigenvalue weighted by Crippen LogP contribution is -2.23. The molecule has 2 saturated carbocycles. The zero-order valence-corrected chi connectivity index (χ0v) is 24.2. The molecule has 2 aromatic heterocycles. The Balaban J connectivity index is 1.17. The Labute approximate surface area is 243 Å². The average molecular weight is 581 g/mol. The van der Waals surface area contributed by atoms with Crippen molar-refractivity contribution in [2.45, 2.75) is 76.9 Å². The van der Waals surface area contributed by atoms with Gasteiger partial charge in [-0.1, -0.05) is 46.6 Å². The molecule has 0 spiro atoms. The third kappa shape index (κ3) is 5.01. The van der Waals surface area contributed by atoms with Gasteiger partial charge < -0.3 is 14.4 Å². The molecule has 2 aliphatic carbocycles. The van der Waals surface area contributed by atoms with Crippen molar-refractivity contribution in [1.82, 2.24) is 14.9 Å². The highest BCUT2D eigenvalue weighted by Crippen LogP contribution is 2.50. The highest BCUT2D eigenvalue weighted by Gasteiger charge is 2.36. The van der Waals surface area contributed by atoms with E-state index in [1.165, 1.54) is 0 Å². The standard InChI is InChI=1S/C31H31Cl2N3O4/c1-16(2)36-27(14-26(34-36)31(37)38)20-11-19(12-20)22-10-9-21(13-25(22)33)39-15-23-29(35-40-30(23)18-7-8-18)28-17(3)5-4-6-24(28)32/h4-6,9-10,13-14,16,18-20H,7-8,11-12,15H2,1-3H3,(H,37,38). The molecule has 208 valence electrons. The number of aryl methyl sites for hydroxylation is 1. The molecule has 0 unspecified atom stereocenters. The quantitative estimate of drug-likeness (QED) is 0.213. The molecule has 2 aromatic carbocycles. The van der Waals surface area contributed by atoms with Gasteiger partial charge in [-0.15, -0.1) is 0 Å². The van der Waals surface area contributed by atoms with Crippen LogP contribution in [0.3, 0.4) is 0 Å². The molecular formula is C31H31Cl2N3O4. The molecule has 40 heavy (non-hydrogen) atoms. The number of hydrogen-bond donors (Lipinski definition) is 1. The summed E-state index contributed by atoms with van der Waals surface area (Å²) in [4.78, 5) is 11.5. The maximum atomic E-state index is 11.5. The lowest BCUT2D eigenvalue weighted by atomic mass is 9.70. The average Bonchev–Trinajstić information content (AvgIpc) is 3.48. The van der Waals surface area contributed by atoms with E-state index in [0.717, 1.165) is 65.1 Å². The van der Waals surface area contributed by atoms with Crippen molar-refractivity contribution in [1.29, 1.82) is 0 Å². The number of hydrogen-bond acceptors (Lipinski definition) is 5. The highest BCUT2D eigenvalue weighted by atomic mass is 35.5. The summed E-state index contributed by atoms with van der Waals surface area (Å²) in [6.45, 7) is 6.35. The molecule has 2 aliphatic rings. The minimum Gasteiger partial charge on any atom is -0.489 e. The summed E-state index contributed by atoms with van der Waals surface area (Å²) in [7, 11) is 0. The first kappa shape index (κ1) is 26.9. The molecule has 4 aromatic rings. The predicted molar refractivity (Wildman–Crippen MR) is 154 cm³/mol. The van der Waals surface area contributed by atoms with Gasteiger partial charge in [0.15, 0.2) is 5.69 Å². The van der Waals surface area contributed by atoms with E-state index in [9.17, 15) is 9.90 Å². The molecule has 9 heteroatoms. The van der Waals surface area contributed by atoms with Gasteiger partial charge in [0.05, 0.1) is 10.6 Å². The zero-order valence-electron chi connectivity index (χ0n) is 22.7. The summed E-state index contributed by atoms with van der Waals surface area (Å²) < 4.78 is 13.9. The van der Waals surface area contributed by atoms with Crippen LogP contribution in [0.15, 0.2) is 47.0 Å². The molecule has 0 amide bonds. The van der Waals surface area contributed by atoms with E-state index in [-0.39, 0.29) is 17.7 Å². The Morgan fingerprint density at radius 3 is 2.52 bits per heavy atom. The lowest BCUT2D eigenvalue weighted by molar-refractivity contribution is 0.0689. The fourth-order valence-electron chi connectivity index (χ4n) is 5.69. The van der Waals surface area contributed by atoms with Crippen molar-refractivity contribution in [2.24, 2.45) is 0 Å². The number of carboxylic acids is 1. The van der Waals surface area contributed by atoms with Gasteiger partial charge in [0.1, 0.15) is 23.8 Å². The first-order valence-electron chi connectivity index (χ1n) is 13.7. The van der Waals surface area contributed by atoms with E-state index in [2.05, 4.69) is 10.3 Å². The molecule has 0 saturated heterocycles. The molecular weight excluding hydrogens is 549 g/mol. The van der Waals surface area contributed by atoms with Crippen LogP contribution in [0.1, 0.15) is 102 Å². The minimum absolute atomic E-state index is 0.0929. The van der Waals surface area contributed by atoms with Crippen molar-refractivity contribution in [2.75, 3.05) is 0 Å². The second-order valence-corrected chi connectivity index (χ2v) is 12.0. The minimum atomic E-state index is -1.00. The zero-order chi connectivity index (χ0) is 28.1. The third-order valence-electron chi connectivity index (χ3n) is 8.05. The number of ether oxygens (including phenoxy) is 1. The molecule has 1 N–H and O–H groups in total. The number of aromatic nitrogens is 3. The van der Waals surface area contributed by atoms with Gasteiger partial charge in [-0.2, -0.15) is 5.10 Å². The number of halogens is 2. The molecule has 6 rings (SSSR count). The predicted octanol–water partition coefficient (Wildman–Crippen LogP) is 8.55. The fourth-order valence-corrected chi connectivity index (χ4v) is 6.32. The molecule has 2 fully saturated rings. The van der Waals surface area contributed by atoms with Gasteiger partial charge in [-0.25, -0.2) is 4.79 Å². The molecule has 0 bridgehead atoms. The molecule has 0 atom stereocenters. The summed E-state index contributed by atoms with van der Waals surface area (Å²) in [5.74, 6) is 1.48. The maximum absolute atomic E-state index is 11.5. The first-order valence-corrected chi connectivity index (χ1v) is 14.5. The van der Waals surface area contributed by atoms with Crippen molar-refractivity contribution >= 4 is 29.2 Å². The van der Waals surface area contributed by atoms with E-state index < -0.39 is 5.97 Å². The fraction of sp³-hybridized carbons (Fsp3) is 0.387. The van der Waals surface area contributed by atoms with Crippen LogP contribution >= 0.6 is 23.2 Å². The van der Waals surface area contributed by atoms with E-state index >= 15 is 0 Å². The van der Waals surface area contributed by atoms with Crippen molar-refractivity contribution < 1.29 is 19.2 Å². The first-order chi connectivity index (χ1) is 19.2. The Bertz CT molecular complexity index is 1560. The number of rotatable bonds is 9. The van der Waals surface area contributed by atoms with Gasteiger partial charge in [0.25, 0.3) is 0 Å². The van der Waals surface area contributed by atoms with Gasteiger partial charge >= 0.3 is 5.97 Å². The van der Waals surface area contributed by atoms with E-state index in [4.69, 9.17) is 32.5 Å². The highest BCUT2D eigenvalue weighted by molar-refractivity contribution is 6.33. The summed E-state index contributed by atoms with van der Waals surface area (Å²) in [6.07, 6.45) is 3.95. The summed E-state index contributed by atoms with van der Waals surface area (Å²) >= 11 is 13.3. The smallest absolute Gasteiger partial charge is 0.356 e. The van der Waals surface area contributed by atoms with Crippen LogP contribution in [-0.2, 0) is 6.61 Å². The Kier molecular flexibility index (Phi) is 7.13. The van der Waals surface area contributed by atoms with Gasteiger partial charge in [-0.05, 0) is 87.8 Å². The van der Waals surface area contributed by atoms with Crippen molar-refractivity contribution in [3.8, 4) is 17.0 Å². The van der Waals surface area contributed by atoms with Crippen molar-refractivity contribution in [3.63, 3.8) is 0 Å². The topological polar surface area (TPSA) is 90.4 Å². The number of aromatic carboxylic acids is 1. The Hall–Kier alpha value is -3.29.